The fourth-order valence-electron chi connectivity index (χ4n) is 1.68. The Morgan fingerprint density at radius 2 is 2.05 bits per heavy atom. The molecule has 1 N–H and O–H groups in total. The van der Waals surface area contributed by atoms with Crippen molar-refractivity contribution in [3.8, 4) is 11.5 Å². The molecule has 0 heterocycles. The van der Waals surface area contributed by atoms with E-state index < -0.39 is 0 Å². The lowest BCUT2D eigenvalue weighted by Gasteiger charge is -2.13. The lowest BCUT2D eigenvalue weighted by molar-refractivity contribution is 0.0952. The molecular formula is C15H22ClNO3. The van der Waals surface area contributed by atoms with Crippen LogP contribution in [0.4, 0.5) is 0 Å². The van der Waals surface area contributed by atoms with Crippen LogP contribution in [-0.4, -0.2) is 26.2 Å². The third kappa shape index (κ3) is 4.60. The number of carbonyl (C=O) groups is 1. The summed E-state index contributed by atoms with van der Waals surface area (Å²) in [5, 5.41) is 3.23. The fourth-order valence-corrected chi connectivity index (χ4v) is 1.94. The van der Waals surface area contributed by atoms with Gasteiger partial charge in [-0.15, -0.1) is 0 Å². The minimum Gasteiger partial charge on any atom is -0.493 e. The van der Waals surface area contributed by atoms with E-state index in [1.165, 1.54) is 7.11 Å². The van der Waals surface area contributed by atoms with E-state index in [9.17, 15) is 4.79 Å². The fraction of sp³-hybridized carbons (Fsp3) is 0.533. The van der Waals surface area contributed by atoms with Crippen molar-refractivity contribution in [3.63, 3.8) is 0 Å². The number of benzene rings is 1. The van der Waals surface area contributed by atoms with Gasteiger partial charge in [-0.05, 0) is 25.0 Å². The lowest BCUT2D eigenvalue weighted by atomic mass is 10.2. The Morgan fingerprint density at radius 1 is 1.30 bits per heavy atom. The van der Waals surface area contributed by atoms with E-state index >= 15 is 0 Å². The summed E-state index contributed by atoms with van der Waals surface area (Å²) >= 11 is 6.17. The predicted octanol–water partition coefficient (Wildman–Crippen LogP) is 3.67. The minimum atomic E-state index is -0.152. The molecule has 0 aliphatic rings. The van der Waals surface area contributed by atoms with Gasteiger partial charge in [0.15, 0.2) is 11.5 Å². The second-order valence-corrected chi connectivity index (χ2v) is 4.85. The zero-order valence-electron chi connectivity index (χ0n) is 12.3. The van der Waals surface area contributed by atoms with Gasteiger partial charge in [0.25, 0.3) is 5.91 Å². The van der Waals surface area contributed by atoms with Crippen LogP contribution in [-0.2, 0) is 0 Å². The zero-order chi connectivity index (χ0) is 15.0. The number of rotatable bonds is 8. The SMILES string of the molecule is CCCCNC(=O)c1cc(Cl)c(OCCC)c(OC)c1. The molecule has 0 spiro atoms. The van der Waals surface area contributed by atoms with Crippen LogP contribution in [0.25, 0.3) is 0 Å². The van der Waals surface area contributed by atoms with Crippen molar-refractivity contribution in [1.82, 2.24) is 5.32 Å². The molecule has 112 valence electrons. The van der Waals surface area contributed by atoms with Gasteiger partial charge in [0.2, 0.25) is 0 Å². The second-order valence-electron chi connectivity index (χ2n) is 4.45. The number of nitrogens with one attached hydrogen (secondary N) is 1. The molecule has 1 aromatic carbocycles. The highest BCUT2D eigenvalue weighted by Gasteiger charge is 2.15. The number of hydrogen-bond acceptors (Lipinski definition) is 3. The number of carbonyl (C=O) groups excluding carboxylic acids is 1. The molecule has 0 aliphatic heterocycles. The maximum absolute atomic E-state index is 12.0. The van der Waals surface area contributed by atoms with Crippen molar-refractivity contribution in [2.45, 2.75) is 33.1 Å². The van der Waals surface area contributed by atoms with E-state index in [1.54, 1.807) is 12.1 Å². The summed E-state index contributed by atoms with van der Waals surface area (Å²) in [7, 11) is 1.53. The van der Waals surface area contributed by atoms with Gasteiger partial charge in [0, 0.05) is 12.1 Å². The smallest absolute Gasteiger partial charge is 0.251 e. The Bertz CT molecular complexity index is 449. The molecule has 0 fully saturated rings. The Kier molecular flexibility index (Phi) is 7.23. The molecule has 1 aromatic rings. The van der Waals surface area contributed by atoms with Gasteiger partial charge >= 0.3 is 0 Å². The molecule has 20 heavy (non-hydrogen) atoms. The molecule has 1 rings (SSSR count). The predicted molar refractivity (Wildman–Crippen MR) is 81.0 cm³/mol. The van der Waals surface area contributed by atoms with Crippen molar-refractivity contribution in [2.24, 2.45) is 0 Å². The summed E-state index contributed by atoms with van der Waals surface area (Å²) in [5.74, 6) is 0.813. The summed E-state index contributed by atoms with van der Waals surface area (Å²) in [4.78, 5) is 12.0. The molecular weight excluding hydrogens is 278 g/mol. The van der Waals surface area contributed by atoms with Gasteiger partial charge in [0.1, 0.15) is 0 Å². The number of hydrogen-bond donors (Lipinski definition) is 1. The first-order valence-corrected chi connectivity index (χ1v) is 7.30. The van der Waals surface area contributed by atoms with Crippen molar-refractivity contribution in [3.05, 3.63) is 22.7 Å². The van der Waals surface area contributed by atoms with Crippen LogP contribution >= 0.6 is 11.6 Å². The van der Waals surface area contributed by atoms with E-state index in [1.807, 2.05) is 6.92 Å². The van der Waals surface area contributed by atoms with Gasteiger partial charge in [-0.2, -0.15) is 0 Å². The van der Waals surface area contributed by atoms with Gasteiger partial charge < -0.3 is 14.8 Å². The van der Waals surface area contributed by atoms with Crippen LogP contribution in [0.3, 0.4) is 0 Å². The zero-order valence-corrected chi connectivity index (χ0v) is 13.0. The van der Waals surface area contributed by atoms with E-state index in [0.717, 1.165) is 19.3 Å². The molecule has 0 atom stereocenters. The molecule has 0 aliphatic carbocycles. The molecule has 4 nitrogen and oxygen atoms in total. The number of halogens is 1. The lowest BCUT2D eigenvalue weighted by Crippen LogP contribution is -2.24. The van der Waals surface area contributed by atoms with Crippen LogP contribution in [0, 0.1) is 0 Å². The highest BCUT2D eigenvalue weighted by Crippen LogP contribution is 2.36. The second kappa shape index (κ2) is 8.69. The number of methoxy groups -OCH3 is 1. The van der Waals surface area contributed by atoms with Gasteiger partial charge in [-0.1, -0.05) is 31.9 Å². The summed E-state index contributed by atoms with van der Waals surface area (Å²) in [6.45, 7) is 5.29. The Balaban J connectivity index is 2.89. The van der Waals surface area contributed by atoms with Crippen molar-refractivity contribution in [2.75, 3.05) is 20.3 Å². The summed E-state index contributed by atoms with van der Waals surface area (Å²) < 4.78 is 10.8. The third-order valence-corrected chi connectivity index (χ3v) is 3.04. The van der Waals surface area contributed by atoms with Gasteiger partial charge in [-0.25, -0.2) is 0 Å². The maximum Gasteiger partial charge on any atom is 0.251 e. The van der Waals surface area contributed by atoms with E-state index in [-0.39, 0.29) is 5.91 Å². The molecule has 5 heteroatoms. The molecule has 1 amide bonds. The average molecular weight is 300 g/mol. The molecule has 0 unspecified atom stereocenters. The Hall–Kier alpha value is -1.42. The summed E-state index contributed by atoms with van der Waals surface area (Å²) in [6.07, 6.45) is 2.86. The molecule has 0 bridgehead atoms. The minimum absolute atomic E-state index is 0.152. The normalized spacial score (nSPS) is 10.2. The van der Waals surface area contributed by atoms with E-state index in [0.29, 0.717) is 35.2 Å². The number of amides is 1. The van der Waals surface area contributed by atoms with Crippen molar-refractivity contribution in [1.29, 1.82) is 0 Å². The van der Waals surface area contributed by atoms with Crippen LogP contribution in [0.5, 0.6) is 11.5 Å². The Labute approximate surface area is 125 Å². The highest BCUT2D eigenvalue weighted by atomic mass is 35.5. The number of unbranched alkanes of at least 4 members (excludes halogenated alkanes) is 1. The molecule has 0 saturated heterocycles. The summed E-state index contributed by atoms with van der Waals surface area (Å²) in [5.41, 5.74) is 0.479. The first kappa shape index (κ1) is 16.6. The molecule has 0 radical (unpaired) electrons. The van der Waals surface area contributed by atoms with Crippen LogP contribution in [0.1, 0.15) is 43.5 Å². The van der Waals surface area contributed by atoms with Crippen LogP contribution in [0.2, 0.25) is 5.02 Å². The first-order chi connectivity index (χ1) is 9.63. The van der Waals surface area contributed by atoms with E-state index in [4.69, 9.17) is 21.1 Å². The quantitative estimate of drug-likeness (QED) is 0.745. The van der Waals surface area contributed by atoms with Crippen molar-refractivity contribution >= 4 is 17.5 Å². The monoisotopic (exact) mass is 299 g/mol. The van der Waals surface area contributed by atoms with Gasteiger partial charge in [-0.3, -0.25) is 4.79 Å². The molecule has 0 aromatic heterocycles. The topological polar surface area (TPSA) is 47.6 Å². The molecule has 0 saturated carbocycles. The maximum atomic E-state index is 12.0. The Morgan fingerprint density at radius 3 is 2.65 bits per heavy atom. The third-order valence-electron chi connectivity index (χ3n) is 2.76. The van der Waals surface area contributed by atoms with Crippen LogP contribution < -0.4 is 14.8 Å². The number of ether oxygens (including phenoxy) is 2. The van der Waals surface area contributed by atoms with Gasteiger partial charge in [0.05, 0.1) is 18.7 Å². The van der Waals surface area contributed by atoms with E-state index in [2.05, 4.69) is 12.2 Å². The van der Waals surface area contributed by atoms with Crippen LogP contribution in [0.15, 0.2) is 12.1 Å². The standard InChI is InChI=1S/C15H22ClNO3/c1-4-6-7-17-15(18)11-9-12(16)14(20-8-5-2)13(10-11)19-3/h9-10H,4-8H2,1-3H3,(H,17,18). The van der Waals surface area contributed by atoms with Crippen molar-refractivity contribution < 1.29 is 14.3 Å². The largest absolute Gasteiger partial charge is 0.493 e. The average Bonchev–Trinajstić information content (AvgIpc) is 2.45. The highest BCUT2D eigenvalue weighted by molar-refractivity contribution is 6.32. The first-order valence-electron chi connectivity index (χ1n) is 6.92. The summed E-state index contributed by atoms with van der Waals surface area (Å²) in [6, 6.07) is 3.26.